The van der Waals surface area contributed by atoms with Crippen molar-refractivity contribution in [3.8, 4) is 0 Å². The fraction of sp³-hybridized carbons (Fsp3) is 0.300. The van der Waals surface area contributed by atoms with Gasteiger partial charge in [-0.15, -0.1) is 0 Å². The molecule has 0 bridgehead atoms. The molecule has 0 unspecified atom stereocenters. The maximum absolute atomic E-state index is 11.3. The Kier molecular flexibility index (Phi) is 12.1. The number of benzene rings is 1. The van der Waals surface area contributed by atoms with E-state index in [1.807, 2.05) is 6.92 Å². The average Bonchev–Trinajstić information content (AvgIpc) is 1.99. The SMILES string of the molecule is Cc1cc(C)c(C(=O)[P+]([O-])([O-])[O-])c(C)c1.[Li+].[Li+].[Li+]. The van der Waals surface area contributed by atoms with Gasteiger partial charge in [0.15, 0.2) is 0 Å². The third-order valence-corrected chi connectivity index (χ3v) is 2.86. The Morgan fingerprint density at radius 1 is 0.944 bits per heavy atom. The predicted octanol–water partition coefficient (Wildman–Crippen LogP) is -9.39. The normalized spacial score (nSPS) is 9.67. The molecule has 0 saturated heterocycles. The number of carbonyl (C=O) groups excluding carboxylic acids is 1. The van der Waals surface area contributed by atoms with Crippen molar-refractivity contribution in [2.24, 2.45) is 0 Å². The summed E-state index contributed by atoms with van der Waals surface area (Å²) in [6.07, 6.45) is 0. The van der Waals surface area contributed by atoms with Gasteiger partial charge in [-0.25, -0.2) is 4.79 Å². The Labute approximate surface area is 144 Å². The van der Waals surface area contributed by atoms with Gasteiger partial charge in [0, 0.05) is 0 Å². The van der Waals surface area contributed by atoms with Gasteiger partial charge in [0.25, 0.3) is 5.52 Å². The summed E-state index contributed by atoms with van der Waals surface area (Å²) in [7, 11) is -5.19. The molecule has 0 aliphatic rings. The molecule has 0 spiro atoms. The van der Waals surface area contributed by atoms with Crippen molar-refractivity contribution in [3.63, 3.8) is 0 Å². The van der Waals surface area contributed by atoms with Crippen LogP contribution in [0, 0.1) is 20.8 Å². The number of hydrogen-bond donors (Lipinski definition) is 0. The molecule has 0 radical (unpaired) electrons. The molecule has 0 atom stereocenters. The van der Waals surface area contributed by atoms with Crippen molar-refractivity contribution in [1.29, 1.82) is 0 Å². The van der Waals surface area contributed by atoms with Crippen molar-refractivity contribution in [1.82, 2.24) is 0 Å². The summed E-state index contributed by atoms with van der Waals surface area (Å²) in [6, 6.07) is 3.35. The van der Waals surface area contributed by atoms with Crippen LogP contribution in [0.2, 0.25) is 0 Å². The molecule has 0 amide bonds. The van der Waals surface area contributed by atoms with E-state index < -0.39 is 13.5 Å². The Morgan fingerprint density at radius 2 is 1.28 bits per heavy atom. The Bertz CT molecular complexity index is 395. The first kappa shape index (κ1) is 24.0. The van der Waals surface area contributed by atoms with Gasteiger partial charge in [-0.05, 0) is 31.9 Å². The van der Waals surface area contributed by atoms with E-state index in [4.69, 9.17) is 0 Å². The molecule has 4 nitrogen and oxygen atoms in total. The first-order chi connectivity index (χ1) is 6.73. The minimum Gasteiger partial charge on any atom is -0.681 e. The quantitative estimate of drug-likeness (QED) is 0.383. The smallest absolute Gasteiger partial charge is 0.681 e. The van der Waals surface area contributed by atoms with Crippen LogP contribution in [-0.2, 0) is 0 Å². The van der Waals surface area contributed by atoms with Gasteiger partial charge < -0.3 is 14.7 Å². The zero-order valence-corrected chi connectivity index (χ0v) is 12.6. The molecule has 1 aromatic rings. The summed E-state index contributed by atoms with van der Waals surface area (Å²) in [5.41, 5.74) is 0.647. The van der Waals surface area contributed by atoms with Crippen molar-refractivity contribution in [3.05, 3.63) is 34.4 Å². The summed E-state index contributed by atoms with van der Waals surface area (Å²) in [5.74, 6) is 0. The van der Waals surface area contributed by atoms with Gasteiger partial charge >= 0.3 is 56.6 Å². The second-order valence-corrected chi connectivity index (χ2v) is 4.98. The fourth-order valence-corrected chi connectivity index (χ4v) is 2.28. The second-order valence-electron chi connectivity index (χ2n) is 3.58. The maximum Gasteiger partial charge on any atom is 1.00 e. The summed E-state index contributed by atoms with van der Waals surface area (Å²) < 4.78 is 0. The van der Waals surface area contributed by atoms with Crippen LogP contribution < -0.4 is 71.3 Å². The topological polar surface area (TPSA) is 86.2 Å². The molecule has 0 fully saturated rings. The van der Waals surface area contributed by atoms with Crippen molar-refractivity contribution < 1.29 is 76.1 Å². The summed E-state index contributed by atoms with van der Waals surface area (Å²) >= 11 is 0. The monoisotopic (exact) mass is 247 g/mol. The van der Waals surface area contributed by atoms with E-state index in [-0.39, 0.29) is 62.1 Å². The third kappa shape index (κ3) is 5.96. The Hall–Kier alpha value is 0.992. The van der Waals surface area contributed by atoms with E-state index in [1.54, 1.807) is 26.0 Å². The molecule has 0 heterocycles. The van der Waals surface area contributed by atoms with Gasteiger partial charge in [-0.2, -0.15) is 0 Å². The minimum absolute atomic E-state index is 0. The first-order valence-corrected chi connectivity index (χ1v) is 5.92. The summed E-state index contributed by atoms with van der Waals surface area (Å²) in [5, 5.41) is 0. The van der Waals surface area contributed by atoms with Crippen LogP contribution in [0.5, 0.6) is 0 Å². The van der Waals surface area contributed by atoms with Crippen molar-refractivity contribution in [2.75, 3.05) is 0 Å². The number of carbonyl (C=O) groups is 1. The molecule has 8 heteroatoms. The molecule has 82 valence electrons. The number of rotatable bonds is 2. The predicted molar refractivity (Wildman–Crippen MR) is 51.9 cm³/mol. The number of aryl methyl sites for hydroxylation is 3. The molecule has 1 rings (SSSR count). The molecule has 0 aromatic heterocycles. The van der Waals surface area contributed by atoms with Gasteiger partial charge in [-0.1, -0.05) is 25.6 Å². The van der Waals surface area contributed by atoms with E-state index in [2.05, 4.69) is 0 Å². The van der Waals surface area contributed by atoms with Gasteiger partial charge in [0.05, 0.1) is 5.56 Å². The molecular weight excluding hydrogens is 236 g/mol. The van der Waals surface area contributed by atoms with Crippen LogP contribution in [0.1, 0.15) is 27.0 Å². The van der Waals surface area contributed by atoms with Gasteiger partial charge in [0.2, 0.25) is 0 Å². The average molecular weight is 247 g/mol. The molecule has 1 aromatic carbocycles. The van der Waals surface area contributed by atoms with Crippen LogP contribution in [0.15, 0.2) is 12.1 Å². The third-order valence-electron chi connectivity index (χ3n) is 2.14. The zero-order chi connectivity index (χ0) is 11.8. The molecule has 0 saturated carbocycles. The van der Waals surface area contributed by atoms with Crippen LogP contribution in [0.3, 0.4) is 0 Å². The molecule has 0 N–H and O–H groups in total. The maximum atomic E-state index is 11.3. The minimum atomic E-state index is -5.19. The largest absolute Gasteiger partial charge is 1.00 e. The molecule has 18 heavy (non-hydrogen) atoms. The van der Waals surface area contributed by atoms with Crippen molar-refractivity contribution in [2.45, 2.75) is 20.8 Å². The fourth-order valence-electron chi connectivity index (χ4n) is 1.65. The first-order valence-electron chi connectivity index (χ1n) is 4.38. The van der Waals surface area contributed by atoms with Crippen LogP contribution in [0.25, 0.3) is 0 Å². The van der Waals surface area contributed by atoms with E-state index in [0.29, 0.717) is 11.1 Å². The van der Waals surface area contributed by atoms with Crippen molar-refractivity contribution >= 4 is 13.5 Å². The van der Waals surface area contributed by atoms with Crippen LogP contribution >= 0.6 is 7.94 Å². The van der Waals surface area contributed by atoms with E-state index >= 15 is 0 Å². The van der Waals surface area contributed by atoms with Crippen LogP contribution in [-0.4, -0.2) is 5.52 Å². The Balaban J connectivity index is -0.000000750. The van der Waals surface area contributed by atoms with E-state index in [0.717, 1.165) is 5.56 Å². The summed E-state index contributed by atoms with van der Waals surface area (Å²) in [4.78, 5) is 43.3. The summed E-state index contributed by atoms with van der Waals surface area (Å²) in [6.45, 7) is 5.06. The Morgan fingerprint density at radius 3 is 1.56 bits per heavy atom. The molecule has 0 aliphatic carbocycles. The van der Waals surface area contributed by atoms with Gasteiger partial charge in [0.1, 0.15) is 0 Å². The van der Waals surface area contributed by atoms with E-state index in [9.17, 15) is 19.5 Å². The van der Waals surface area contributed by atoms with Crippen LogP contribution in [0.4, 0.5) is 0 Å². The van der Waals surface area contributed by atoms with Gasteiger partial charge in [-0.3, -0.25) is 0 Å². The standard InChI is InChI=1S/C10H13O4P.3Li/c1-6-4-7(2)9(8(3)5-6)10(11)15(12,13)14;;;/h4-5H,1-3H3,(H2,12,13,14);;;/q;3*+1/p-2. The molecular formula is C10H11Li3O4P+. The molecule has 0 aliphatic heterocycles. The zero-order valence-electron chi connectivity index (χ0n) is 11.7. The van der Waals surface area contributed by atoms with E-state index in [1.165, 1.54) is 0 Å². The second kappa shape index (κ2) is 9.02. The number of hydrogen-bond acceptors (Lipinski definition) is 4.